The van der Waals surface area contributed by atoms with Crippen LogP contribution in [0.15, 0.2) is 28.5 Å². The van der Waals surface area contributed by atoms with Gasteiger partial charge < -0.3 is 20.8 Å². The molecule has 4 rings (SSSR count). The van der Waals surface area contributed by atoms with Crippen LogP contribution >= 0.6 is 0 Å². The highest BCUT2D eigenvalue weighted by atomic mass is 19.1. The number of fused-ring (bicyclic) bond motifs is 3. The van der Waals surface area contributed by atoms with Gasteiger partial charge in [0.05, 0.1) is 23.4 Å². The molecule has 4 unspecified atom stereocenters. The van der Waals surface area contributed by atoms with Gasteiger partial charge in [-0.3, -0.25) is 19.3 Å². The lowest BCUT2D eigenvalue weighted by atomic mass is 9.59. The van der Waals surface area contributed by atoms with Crippen LogP contribution in [0, 0.1) is 23.6 Å². The number of hydrogen-bond donors (Lipinski definition) is 4. The van der Waals surface area contributed by atoms with Crippen LogP contribution in [0.1, 0.15) is 56.5 Å². The molecule has 0 aromatic heterocycles. The third-order valence-electron chi connectivity index (χ3n) is 8.84. The molecule has 9 nitrogen and oxygen atoms in total. The van der Waals surface area contributed by atoms with E-state index in [2.05, 4.69) is 10.6 Å². The molecule has 10 heteroatoms. The van der Waals surface area contributed by atoms with Crippen LogP contribution in [0.4, 0.5) is 10.1 Å². The van der Waals surface area contributed by atoms with E-state index in [1.807, 2.05) is 45.5 Å². The van der Waals surface area contributed by atoms with Gasteiger partial charge in [0.15, 0.2) is 17.3 Å². The van der Waals surface area contributed by atoms with E-state index < -0.39 is 29.3 Å². The van der Waals surface area contributed by atoms with Crippen molar-refractivity contribution in [3.63, 3.8) is 0 Å². The Morgan fingerprint density at radius 3 is 2.58 bits per heavy atom. The zero-order valence-corrected chi connectivity index (χ0v) is 24.1. The summed E-state index contributed by atoms with van der Waals surface area (Å²) in [6.45, 7) is 8.53. The number of phenolic OH excluding ortho intramolecular Hbond substituents is 1. The fraction of sp³-hybridized carbons (Fsp3) is 0.533. The van der Waals surface area contributed by atoms with E-state index in [9.17, 15) is 24.6 Å². The maximum atomic E-state index is 15.4. The number of carbonyl (C=O) groups is 3. The minimum Gasteiger partial charge on any atom is -0.506 e. The number of carbonyl (C=O) groups excluding carboxylic acids is 3. The Balaban J connectivity index is 1.77. The van der Waals surface area contributed by atoms with Crippen molar-refractivity contribution in [2.45, 2.75) is 53.0 Å². The summed E-state index contributed by atoms with van der Waals surface area (Å²) >= 11 is 0. The van der Waals surface area contributed by atoms with Crippen molar-refractivity contribution < 1.29 is 33.6 Å². The highest BCUT2D eigenvalue weighted by molar-refractivity contribution is 6.15. The monoisotopic (exact) mass is 555 g/mol. The summed E-state index contributed by atoms with van der Waals surface area (Å²) in [7, 11) is 3.61. The number of ketones is 1. The van der Waals surface area contributed by atoms with Crippen molar-refractivity contribution in [2.24, 2.45) is 17.8 Å². The van der Waals surface area contributed by atoms with E-state index in [1.165, 1.54) is 0 Å². The maximum absolute atomic E-state index is 15.4. The first-order valence-electron chi connectivity index (χ1n) is 13.9. The van der Waals surface area contributed by atoms with Crippen molar-refractivity contribution in [1.82, 2.24) is 10.2 Å². The molecule has 4 N–H and O–H groups in total. The first-order chi connectivity index (χ1) is 18.9. The SMILES string of the molecule is CC=[N+](C)C1C(O)=C(C(=O)NCC)CC2C(C)=C3C(=O)c4c(O)c(NC(=O)CN(C)CC)cc(F)c4CC3CC21. The van der Waals surface area contributed by atoms with Gasteiger partial charge in [0.1, 0.15) is 19.1 Å². The third kappa shape index (κ3) is 5.05. The smallest absolute Gasteiger partial charge is 0.250 e. The Morgan fingerprint density at radius 1 is 1.25 bits per heavy atom. The molecular formula is C30H40FN4O5+. The highest BCUT2D eigenvalue weighted by Gasteiger charge is 2.52. The Labute approximate surface area is 234 Å². The molecule has 0 saturated carbocycles. The topological polar surface area (TPSA) is 122 Å². The van der Waals surface area contributed by atoms with Crippen LogP contribution in [0.3, 0.4) is 0 Å². The molecule has 3 aliphatic rings. The summed E-state index contributed by atoms with van der Waals surface area (Å²) in [5.74, 6) is -2.87. The van der Waals surface area contributed by atoms with Gasteiger partial charge in [-0.15, -0.1) is 0 Å². The van der Waals surface area contributed by atoms with Gasteiger partial charge in [-0.1, -0.05) is 12.5 Å². The number of likely N-dealkylation sites (N-methyl/N-ethyl adjacent to an activating group) is 3. The van der Waals surface area contributed by atoms with Crippen molar-refractivity contribution >= 4 is 29.5 Å². The number of amides is 2. The second-order valence-electron chi connectivity index (χ2n) is 11.1. The number of rotatable bonds is 7. The van der Waals surface area contributed by atoms with Crippen LogP contribution in [-0.4, -0.2) is 83.3 Å². The Morgan fingerprint density at radius 2 is 1.95 bits per heavy atom. The average Bonchev–Trinajstić information content (AvgIpc) is 2.90. The van der Waals surface area contributed by atoms with Crippen LogP contribution in [0.2, 0.25) is 0 Å². The number of nitrogens with one attached hydrogen (secondary N) is 2. The zero-order valence-electron chi connectivity index (χ0n) is 24.1. The molecule has 0 spiro atoms. The molecule has 0 saturated heterocycles. The van der Waals surface area contributed by atoms with E-state index >= 15 is 4.39 Å². The summed E-state index contributed by atoms with van der Waals surface area (Å²) in [6.07, 6.45) is 2.85. The van der Waals surface area contributed by atoms with Crippen molar-refractivity contribution in [3.05, 3.63) is 45.5 Å². The van der Waals surface area contributed by atoms with E-state index in [4.69, 9.17) is 0 Å². The summed E-state index contributed by atoms with van der Waals surface area (Å²) in [6, 6.07) is 0.612. The van der Waals surface area contributed by atoms with Gasteiger partial charge in [-0.2, -0.15) is 0 Å². The van der Waals surface area contributed by atoms with Crippen LogP contribution < -0.4 is 10.6 Å². The van der Waals surface area contributed by atoms with E-state index in [-0.39, 0.29) is 65.6 Å². The molecule has 3 aliphatic carbocycles. The number of Topliss-reactive ketones (excluding diaryl/α,β-unsaturated/α-hetero) is 1. The number of anilines is 1. The van der Waals surface area contributed by atoms with Crippen molar-refractivity contribution in [1.29, 1.82) is 0 Å². The number of nitrogens with zero attached hydrogens (tertiary/aromatic N) is 2. The number of allylic oxidation sites excluding steroid dienone is 2. The predicted molar refractivity (Wildman–Crippen MR) is 150 cm³/mol. The van der Waals surface area contributed by atoms with Gasteiger partial charge in [0, 0.05) is 36.6 Å². The fourth-order valence-electron chi connectivity index (χ4n) is 6.64. The minimum absolute atomic E-state index is 0.0320. The maximum Gasteiger partial charge on any atom is 0.250 e. The number of benzene rings is 1. The normalized spacial score (nSPS) is 24.5. The van der Waals surface area contributed by atoms with Gasteiger partial charge in [0.2, 0.25) is 11.9 Å². The van der Waals surface area contributed by atoms with Gasteiger partial charge in [-0.05, 0) is 58.5 Å². The van der Waals surface area contributed by atoms with Crippen molar-refractivity contribution in [2.75, 3.05) is 39.0 Å². The Hall–Kier alpha value is -3.53. The van der Waals surface area contributed by atoms with Crippen LogP contribution in [0.5, 0.6) is 5.75 Å². The second-order valence-corrected chi connectivity index (χ2v) is 11.1. The van der Waals surface area contributed by atoms with E-state index in [0.717, 1.165) is 11.6 Å². The number of hydrogen-bond acceptors (Lipinski definition) is 6. The predicted octanol–water partition coefficient (Wildman–Crippen LogP) is 3.18. The molecule has 0 aliphatic heterocycles. The highest BCUT2D eigenvalue weighted by Crippen LogP contribution is 2.52. The molecule has 0 bridgehead atoms. The van der Waals surface area contributed by atoms with Crippen LogP contribution in [0.25, 0.3) is 0 Å². The number of phenols is 1. The lowest BCUT2D eigenvalue weighted by Gasteiger charge is -2.44. The number of aliphatic hydroxyl groups is 1. The quantitative estimate of drug-likeness (QED) is 0.233. The van der Waals surface area contributed by atoms with E-state index in [1.54, 1.807) is 11.9 Å². The summed E-state index contributed by atoms with van der Waals surface area (Å²) in [4.78, 5) is 41.1. The van der Waals surface area contributed by atoms with Gasteiger partial charge in [-0.25, -0.2) is 8.97 Å². The summed E-state index contributed by atoms with van der Waals surface area (Å²) in [5, 5.41) is 27.7. The Kier molecular flexibility index (Phi) is 8.49. The molecule has 0 radical (unpaired) electrons. The standard InChI is InChI=1S/C30H39FN4O5/c1-7-32-30(40)20-12-17-15(4)24-16(10-18(17)26(27(20)37)35(6)9-3)11-19-21(31)13-22(28(38)25(19)29(24)39)33-23(36)14-34(5)8-2/h9,13,16-18,26H,7-8,10-12,14H2,1-6H3,(H3-,32,33,36,37,38,39,40)/p+1. The third-order valence-corrected chi connectivity index (χ3v) is 8.84. The van der Waals surface area contributed by atoms with Crippen LogP contribution in [-0.2, 0) is 16.0 Å². The molecule has 1 aromatic carbocycles. The molecule has 216 valence electrons. The van der Waals surface area contributed by atoms with Crippen molar-refractivity contribution in [3.8, 4) is 5.75 Å². The summed E-state index contributed by atoms with van der Waals surface area (Å²) < 4.78 is 17.3. The number of aromatic hydroxyl groups is 1. The lowest BCUT2D eigenvalue weighted by Crippen LogP contribution is -2.48. The molecule has 0 heterocycles. The average molecular weight is 556 g/mol. The van der Waals surface area contributed by atoms with E-state index in [0.29, 0.717) is 30.7 Å². The molecule has 40 heavy (non-hydrogen) atoms. The summed E-state index contributed by atoms with van der Waals surface area (Å²) in [5.41, 5.74) is 1.51. The molecule has 2 amide bonds. The molecular weight excluding hydrogens is 515 g/mol. The first-order valence-corrected chi connectivity index (χ1v) is 13.9. The fourth-order valence-corrected chi connectivity index (χ4v) is 6.64. The van der Waals surface area contributed by atoms with Gasteiger partial charge in [0.25, 0.3) is 5.91 Å². The zero-order chi connectivity index (χ0) is 29.5. The molecule has 0 fully saturated rings. The largest absolute Gasteiger partial charge is 0.506 e. The Bertz CT molecular complexity index is 1350. The number of aliphatic hydroxyl groups excluding tert-OH is 1. The lowest BCUT2D eigenvalue weighted by molar-refractivity contribution is -0.541. The molecule has 4 atom stereocenters. The number of halogens is 1. The second kappa shape index (κ2) is 11.5. The first kappa shape index (κ1) is 29.5. The minimum atomic E-state index is -0.653. The molecule has 1 aromatic rings. The van der Waals surface area contributed by atoms with Gasteiger partial charge >= 0.3 is 0 Å².